The lowest BCUT2D eigenvalue weighted by atomic mass is 9.82. The first-order valence-corrected chi connectivity index (χ1v) is 10.6. The molecule has 1 aliphatic carbocycles. The Kier molecular flexibility index (Phi) is 5.19. The molecule has 154 valence electrons. The molecule has 2 heterocycles. The first-order valence-electron chi connectivity index (χ1n) is 10.2. The average Bonchev–Trinajstić information content (AvgIpc) is 3.40. The zero-order chi connectivity index (χ0) is 20.5. The van der Waals surface area contributed by atoms with Crippen molar-refractivity contribution in [3.63, 3.8) is 0 Å². The number of aliphatic hydroxyl groups is 1. The lowest BCUT2D eigenvalue weighted by Crippen LogP contribution is -2.23. The predicted octanol–water partition coefficient (Wildman–Crippen LogP) is 4.32. The number of aromatic amines is 1. The molecule has 0 saturated carbocycles. The van der Waals surface area contributed by atoms with Crippen LogP contribution < -0.4 is 4.74 Å². The number of nitrogens with zero attached hydrogens (tertiary/aromatic N) is 3. The summed E-state index contributed by atoms with van der Waals surface area (Å²) in [5.74, 6) is 1.09. The molecule has 2 aromatic carbocycles. The number of hydrogen-bond acceptors (Lipinski definition) is 4. The van der Waals surface area contributed by atoms with Crippen molar-refractivity contribution in [1.82, 2.24) is 20.0 Å². The van der Waals surface area contributed by atoms with Gasteiger partial charge in [0, 0.05) is 33.7 Å². The highest BCUT2D eigenvalue weighted by molar-refractivity contribution is 6.31. The third-order valence-corrected chi connectivity index (χ3v) is 6.00. The summed E-state index contributed by atoms with van der Waals surface area (Å²) in [4.78, 5) is 3.63. The summed E-state index contributed by atoms with van der Waals surface area (Å²) in [6, 6.07) is 14.3. The van der Waals surface area contributed by atoms with Crippen molar-refractivity contribution < 1.29 is 9.84 Å². The van der Waals surface area contributed by atoms with Gasteiger partial charge in [0.1, 0.15) is 18.5 Å². The molecular weight excluding hydrogens is 400 g/mol. The van der Waals surface area contributed by atoms with Gasteiger partial charge < -0.3 is 14.8 Å². The molecule has 7 heteroatoms. The number of aromatic nitrogens is 4. The maximum Gasteiger partial charge on any atom is 0.119 e. The van der Waals surface area contributed by atoms with Gasteiger partial charge in [-0.15, -0.1) is 5.10 Å². The number of benzene rings is 2. The molecule has 0 radical (unpaired) electrons. The molecule has 0 aliphatic heterocycles. The van der Waals surface area contributed by atoms with Crippen LogP contribution in [0.3, 0.4) is 0 Å². The maximum absolute atomic E-state index is 10.1. The van der Waals surface area contributed by atoms with Crippen LogP contribution in [0.5, 0.6) is 5.75 Å². The molecule has 0 saturated heterocycles. The lowest BCUT2D eigenvalue weighted by molar-refractivity contribution is 0.0888. The molecule has 2 aromatic heterocycles. The zero-order valence-corrected chi connectivity index (χ0v) is 17.2. The molecule has 0 amide bonds. The Morgan fingerprint density at radius 3 is 2.90 bits per heavy atom. The van der Waals surface area contributed by atoms with Crippen molar-refractivity contribution in [3.8, 4) is 5.75 Å². The Morgan fingerprint density at radius 2 is 2.10 bits per heavy atom. The quantitative estimate of drug-likeness (QED) is 0.485. The van der Waals surface area contributed by atoms with Gasteiger partial charge in [-0.2, -0.15) is 0 Å². The van der Waals surface area contributed by atoms with Crippen LogP contribution in [-0.4, -0.2) is 37.8 Å². The third-order valence-electron chi connectivity index (χ3n) is 5.76. The molecule has 2 atom stereocenters. The van der Waals surface area contributed by atoms with Gasteiger partial charge >= 0.3 is 0 Å². The smallest absolute Gasteiger partial charge is 0.119 e. The van der Waals surface area contributed by atoms with E-state index in [1.807, 2.05) is 18.2 Å². The molecule has 2 N–H and O–H groups in total. The average molecular weight is 423 g/mol. The van der Waals surface area contributed by atoms with Crippen LogP contribution in [0.1, 0.15) is 35.6 Å². The first-order chi connectivity index (χ1) is 14.7. The molecule has 6 nitrogen and oxygen atoms in total. The Balaban J connectivity index is 1.30. The highest BCUT2D eigenvalue weighted by atomic mass is 35.5. The number of aliphatic hydroxyl groups excluding tert-OH is 1. The van der Waals surface area contributed by atoms with Gasteiger partial charge in [-0.3, -0.25) is 0 Å². The molecule has 2 unspecified atom stereocenters. The molecule has 30 heavy (non-hydrogen) atoms. The Bertz CT molecular complexity index is 1140. The van der Waals surface area contributed by atoms with Crippen LogP contribution in [0, 0.1) is 0 Å². The second-order valence-corrected chi connectivity index (χ2v) is 8.25. The normalized spacial score (nSPS) is 17.1. The molecular formula is C23H23ClN4O2. The highest BCUT2D eigenvalue weighted by Gasteiger charge is 2.25. The summed E-state index contributed by atoms with van der Waals surface area (Å²) in [5, 5.41) is 19.7. The number of fused-ring (bicyclic) bond motifs is 3. The number of rotatable bonds is 6. The fourth-order valence-corrected chi connectivity index (χ4v) is 4.53. The van der Waals surface area contributed by atoms with Gasteiger partial charge in [0.05, 0.1) is 12.7 Å². The Hall–Kier alpha value is -2.83. The van der Waals surface area contributed by atoms with Crippen molar-refractivity contribution in [3.05, 3.63) is 76.7 Å². The van der Waals surface area contributed by atoms with Gasteiger partial charge in [-0.1, -0.05) is 28.9 Å². The minimum atomic E-state index is -0.648. The highest BCUT2D eigenvalue weighted by Crippen LogP contribution is 2.40. The predicted molar refractivity (Wildman–Crippen MR) is 116 cm³/mol. The number of H-pyrrole nitrogens is 1. The zero-order valence-electron chi connectivity index (χ0n) is 16.5. The van der Waals surface area contributed by atoms with Crippen LogP contribution >= 0.6 is 11.6 Å². The summed E-state index contributed by atoms with van der Waals surface area (Å²) in [5.41, 5.74) is 5.11. The fraction of sp³-hybridized carbons (Fsp3) is 0.304. The number of ether oxygens (including phenoxy) is 1. The van der Waals surface area contributed by atoms with Crippen molar-refractivity contribution in [2.45, 2.75) is 37.8 Å². The van der Waals surface area contributed by atoms with Gasteiger partial charge in [-0.25, -0.2) is 4.68 Å². The minimum Gasteiger partial charge on any atom is -0.491 e. The van der Waals surface area contributed by atoms with Gasteiger partial charge in [0.15, 0.2) is 0 Å². The fourth-order valence-electron chi connectivity index (χ4n) is 4.36. The molecule has 5 rings (SSSR count). The van der Waals surface area contributed by atoms with Crippen LogP contribution in [0.4, 0.5) is 0 Å². The molecule has 1 aliphatic rings. The second-order valence-electron chi connectivity index (χ2n) is 7.81. The van der Waals surface area contributed by atoms with E-state index in [9.17, 15) is 5.11 Å². The van der Waals surface area contributed by atoms with Crippen LogP contribution in [0.2, 0.25) is 5.02 Å². The third kappa shape index (κ3) is 3.80. The van der Waals surface area contributed by atoms with E-state index in [4.69, 9.17) is 16.3 Å². The monoisotopic (exact) mass is 422 g/mol. The minimum absolute atomic E-state index is 0.204. The van der Waals surface area contributed by atoms with Crippen LogP contribution in [0.25, 0.3) is 10.9 Å². The molecule has 0 fully saturated rings. The van der Waals surface area contributed by atoms with E-state index >= 15 is 0 Å². The van der Waals surface area contributed by atoms with Gasteiger partial charge in [0.25, 0.3) is 0 Å². The van der Waals surface area contributed by atoms with Crippen molar-refractivity contribution in [2.75, 3.05) is 6.61 Å². The largest absolute Gasteiger partial charge is 0.491 e. The summed E-state index contributed by atoms with van der Waals surface area (Å²) in [6.45, 7) is 0.558. The standard InChI is InChI=1S/C23H23ClN4O2/c24-16-6-9-22-21(12-16)20-3-1-2-19(23(20)26-22)15-4-7-18(8-5-15)30-14-17(29)13-28-11-10-25-27-28/h4-12,17,19,26,29H,1-3,13-14H2. The number of hydrogen-bond donors (Lipinski definition) is 2. The number of halogens is 1. The molecule has 0 bridgehead atoms. The van der Waals surface area contributed by atoms with E-state index in [2.05, 4.69) is 39.6 Å². The summed E-state index contributed by atoms with van der Waals surface area (Å²) < 4.78 is 7.34. The first kappa shape index (κ1) is 19.2. The van der Waals surface area contributed by atoms with Gasteiger partial charge in [-0.05, 0) is 60.7 Å². The summed E-state index contributed by atoms with van der Waals surface area (Å²) >= 11 is 6.23. The second kappa shape index (κ2) is 8.13. The topological polar surface area (TPSA) is 76.0 Å². The van der Waals surface area contributed by atoms with E-state index in [-0.39, 0.29) is 6.61 Å². The SMILES string of the molecule is OC(COc1ccc(C2CCCc3c2[nH]c2ccc(Cl)cc32)cc1)Cn1ccnn1. The summed E-state index contributed by atoms with van der Waals surface area (Å²) in [7, 11) is 0. The van der Waals surface area contributed by atoms with Crippen LogP contribution in [0.15, 0.2) is 54.9 Å². The van der Waals surface area contributed by atoms with E-state index < -0.39 is 6.10 Å². The number of nitrogens with one attached hydrogen (secondary N) is 1. The summed E-state index contributed by atoms with van der Waals surface area (Å²) in [6.07, 6.45) is 6.01. The van der Waals surface area contributed by atoms with E-state index in [0.29, 0.717) is 12.5 Å². The maximum atomic E-state index is 10.1. The van der Waals surface area contributed by atoms with Crippen LogP contribution in [-0.2, 0) is 13.0 Å². The van der Waals surface area contributed by atoms with Crippen molar-refractivity contribution in [1.29, 1.82) is 0 Å². The van der Waals surface area contributed by atoms with E-state index in [1.165, 1.54) is 22.2 Å². The lowest BCUT2D eigenvalue weighted by Gasteiger charge is -2.23. The van der Waals surface area contributed by atoms with Gasteiger partial charge in [0.2, 0.25) is 0 Å². The van der Waals surface area contributed by atoms with Crippen molar-refractivity contribution in [2.24, 2.45) is 0 Å². The van der Waals surface area contributed by atoms with Crippen molar-refractivity contribution >= 4 is 22.5 Å². The molecule has 4 aromatic rings. The van der Waals surface area contributed by atoms with E-state index in [1.54, 1.807) is 17.1 Å². The number of aryl methyl sites for hydroxylation is 1. The Labute approximate surface area is 179 Å². The Morgan fingerprint density at radius 1 is 1.23 bits per heavy atom. The molecule has 0 spiro atoms. The van der Waals surface area contributed by atoms with E-state index in [0.717, 1.165) is 35.6 Å².